The number of amides is 2. The maximum atomic E-state index is 12.0. The van der Waals surface area contributed by atoms with Crippen molar-refractivity contribution in [1.29, 1.82) is 0 Å². The molecule has 0 fully saturated rings. The SMILES string of the molecule is CC(C)C(O)CNC(=O)Nc1ccccc1-c1ccncc1. The van der Waals surface area contributed by atoms with Crippen LogP contribution in [0.25, 0.3) is 11.1 Å². The summed E-state index contributed by atoms with van der Waals surface area (Å²) in [5.74, 6) is 0.101. The Kier molecular flexibility index (Phi) is 5.49. The number of pyridine rings is 1. The standard InChI is InChI=1S/C17H21N3O2/c1-12(2)16(21)11-19-17(22)20-15-6-4-3-5-14(15)13-7-9-18-10-8-13/h3-10,12,16,21H,11H2,1-2H3,(H2,19,20,22). The van der Waals surface area contributed by atoms with Gasteiger partial charge in [-0.1, -0.05) is 32.0 Å². The number of para-hydroxylation sites is 1. The van der Waals surface area contributed by atoms with Crippen molar-refractivity contribution in [1.82, 2.24) is 10.3 Å². The van der Waals surface area contributed by atoms with Crippen LogP contribution < -0.4 is 10.6 Å². The summed E-state index contributed by atoms with van der Waals surface area (Å²) in [6.45, 7) is 4.03. The Morgan fingerprint density at radius 3 is 2.55 bits per heavy atom. The zero-order chi connectivity index (χ0) is 15.9. The van der Waals surface area contributed by atoms with E-state index in [9.17, 15) is 9.90 Å². The van der Waals surface area contributed by atoms with Gasteiger partial charge in [-0.05, 0) is 29.7 Å². The summed E-state index contributed by atoms with van der Waals surface area (Å²) in [7, 11) is 0. The predicted octanol–water partition coefficient (Wildman–Crippen LogP) is 2.89. The highest BCUT2D eigenvalue weighted by molar-refractivity contribution is 5.94. The lowest BCUT2D eigenvalue weighted by Gasteiger charge is -2.16. The van der Waals surface area contributed by atoms with Crippen molar-refractivity contribution in [3.8, 4) is 11.1 Å². The fourth-order valence-electron chi connectivity index (χ4n) is 1.97. The molecule has 5 nitrogen and oxygen atoms in total. The number of nitrogens with zero attached hydrogens (tertiary/aromatic N) is 1. The van der Waals surface area contributed by atoms with Crippen molar-refractivity contribution in [2.24, 2.45) is 5.92 Å². The molecule has 0 aliphatic heterocycles. The normalized spacial score (nSPS) is 12.0. The van der Waals surface area contributed by atoms with E-state index in [4.69, 9.17) is 0 Å². The predicted molar refractivity (Wildman–Crippen MR) is 87.5 cm³/mol. The monoisotopic (exact) mass is 299 g/mol. The Bertz CT molecular complexity index is 614. The molecule has 0 saturated heterocycles. The third-order valence-corrected chi connectivity index (χ3v) is 3.41. The molecule has 1 heterocycles. The first-order valence-corrected chi connectivity index (χ1v) is 7.30. The number of hydrogen-bond donors (Lipinski definition) is 3. The fraction of sp³-hybridized carbons (Fsp3) is 0.294. The van der Waals surface area contributed by atoms with Gasteiger partial charge in [0.15, 0.2) is 0 Å². The van der Waals surface area contributed by atoms with Crippen molar-refractivity contribution >= 4 is 11.7 Å². The molecule has 116 valence electrons. The van der Waals surface area contributed by atoms with Crippen LogP contribution in [0.1, 0.15) is 13.8 Å². The summed E-state index contributed by atoms with van der Waals surface area (Å²) in [6, 6.07) is 11.0. The number of rotatable bonds is 5. The molecular formula is C17H21N3O2. The largest absolute Gasteiger partial charge is 0.391 e. The molecule has 22 heavy (non-hydrogen) atoms. The van der Waals surface area contributed by atoms with E-state index in [0.717, 1.165) is 11.1 Å². The quantitative estimate of drug-likeness (QED) is 0.794. The number of hydrogen-bond acceptors (Lipinski definition) is 3. The van der Waals surface area contributed by atoms with Crippen molar-refractivity contribution in [3.05, 3.63) is 48.8 Å². The summed E-state index contributed by atoms with van der Waals surface area (Å²) in [5, 5.41) is 15.2. The second-order valence-corrected chi connectivity index (χ2v) is 5.43. The Balaban J connectivity index is 2.06. The minimum Gasteiger partial charge on any atom is -0.391 e. The van der Waals surface area contributed by atoms with Gasteiger partial charge in [0, 0.05) is 24.5 Å². The average Bonchev–Trinajstić information content (AvgIpc) is 2.54. The highest BCUT2D eigenvalue weighted by Gasteiger charge is 2.12. The van der Waals surface area contributed by atoms with Crippen LogP contribution in [0.15, 0.2) is 48.8 Å². The smallest absolute Gasteiger partial charge is 0.319 e. The number of benzene rings is 1. The average molecular weight is 299 g/mol. The minimum absolute atomic E-state index is 0.101. The Morgan fingerprint density at radius 1 is 1.18 bits per heavy atom. The second-order valence-electron chi connectivity index (χ2n) is 5.43. The molecule has 3 N–H and O–H groups in total. The minimum atomic E-state index is -0.554. The number of carbonyl (C=O) groups excluding carboxylic acids is 1. The molecule has 0 aliphatic carbocycles. The van der Waals surface area contributed by atoms with Crippen LogP contribution in [0.4, 0.5) is 10.5 Å². The summed E-state index contributed by atoms with van der Waals surface area (Å²) < 4.78 is 0. The van der Waals surface area contributed by atoms with Crippen molar-refractivity contribution in [2.75, 3.05) is 11.9 Å². The van der Waals surface area contributed by atoms with E-state index in [0.29, 0.717) is 5.69 Å². The van der Waals surface area contributed by atoms with Crippen LogP contribution in [-0.2, 0) is 0 Å². The lowest BCUT2D eigenvalue weighted by molar-refractivity contribution is 0.126. The van der Waals surface area contributed by atoms with Gasteiger partial charge >= 0.3 is 6.03 Å². The number of nitrogens with one attached hydrogen (secondary N) is 2. The fourth-order valence-corrected chi connectivity index (χ4v) is 1.97. The Hall–Kier alpha value is -2.40. The van der Waals surface area contributed by atoms with Gasteiger partial charge in [0.1, 0.15) is 0 Å². The van der Waals surface area contributed by atoms with E-state index in [1.54, 1.807) is 12.4 Å². The van der Waals surface area contributed by atoms with Gasteiger partial charge in [-0.15, -0.1) is 0 Å². The maximum Gasteiger partial charge on any atom is 0.319 e. The molecule has 0 aliphatic rings. The van der Waals surface area contributed by atoms with E-state index in [2.05, 4.69) is 15.6 Å². The van der Waals surface area contributed by atoms with Crippen LogP contribution in [0, 0.1) is 5.92 Å². The Labute approximate surface area is 130 Å². The molecule has 1 aromatic heterocycles. The molecule has 1 atom stereocenters. The van der Waals surface area contributed by atoms with E-state index in [1.807, 2.05) is 50.2 Å². The zero-order valence-corrected chi connectivity index (χ0v) is 12.8. The summed E-state index contributed by atoms with van der Waals surface area (Å²) in [6.07, 6.45) is 2.87. The third kappa shape index (κ3) is 4.30. The first kappa shape index (κ1) is 16.0. The lowest BCUT2D eigenvalue weighted by atomic mass is 10.1. The van der Waals surface area contributed by atoms with Gasteiger partial charge in [0.25, 0.3) is 0 Å². The molecule has 2 amide bonds. The summed E-state index contributed by atoms with van der Waals surface area (Å²) >= 11 is 0. The number of aliphatic hydroxyl groups excluding tert-OH is 1. The molecule has 1 unspecified atom stereocenters. The molecule has 0 bridgehead atoms. The molecular weight excluding hydrogens is 278 g/mol. The van der Waals surface area contributed by atoms with Crippen LogP contribution in [-0.4, -0.2) is 28.8 Å². The van der Waals surface area contributed by atoms with Crippen LogP contribution in [0.3, 0.4) is 0 Å². The molecule has 0 spiro atoms. The van der Waals surface area contributed by atoms with E-state index in [1.165, 1.54) is 0 Å². The Morgan fingerprint density at radius 2 is 1.86 bits per heavy atom. The van der Waals surface area contributed by atoms with Crippen molar-refractivity contribution < 1.29 is 9.90 Å². The molecule has 2 rings (SSSR count). The number of anilines is 1. The van der Waals surface area contributed by atoms with Gasteiger partial charge in [-0.3, -0.25) is 4.98 Å². The first-order valence-electron chi connectivity index (χ1n) is 7.30. The number of aromatic nitrogens is 1. The third-order valence-electron chi connectivity index (χ3n) is 3.41. The zero-order valence-electron chi connectivity index (χ0n) is 12.8. The topological polar surface area (TPSA) is 74.2 Å². The molecule has 0 radical (unpaired) electrons. The van der Waals surface area contributed by atoms with Crippen molar-refractivity contribution in [3.63, 3.8) is 0 Å². The van der Waals surface area contributed by atoms with E-state index < -0.39 is 6.10 Å². The number of aliphatic hydroxyl groups is 1. The van der Waals surface area contributed by atoms with Gasteiger partial charge in [-0.25, -0.2) is 4.79 Å². The summed E-state index contributed by atoms with van der Waals surface area (Å²) in [5.41, 5.74) is 2.61. The summed E-state index contributed by atoms with van der Waals surface area (Å²) in [4.78, 5) is 16.0. The molecule has 1 aromatic carbocycles. The van der Waals surface area contributed by atoms with E-state index in [-0.39, 0.29) is 18.5 Å². The van der Waals surface area contributed by atoms with E-state index >= 15 is 0 Å². The highest BCUT2D eigenvalue weighted by Crippen LogP contribution is 2.26. The van der Waals surface area contributed by atoms with Crippen LogP contribution in [0.5, 0.6) is 0 Å². The van der Waals surface area contributed by atoms with Gasteiger partial charge in [0.05, 0.1) is 11.8 Å². The maximum absolute atomic E-state index is 12.0. The number of urea groups is 1. The second kappa shape index (κ2) is 7.56. The van der Waals surface area contributed by atoms with Gasteiger partial charge in [-0.2, -0.15) is 0 Å². The van der Waals surface area contributed by atoms with Crippen LogP contribution >= 0.6 is 0 Å². The molecule has 2 aromatic rings. The van der Waals surface area contributed by atoms with Crippen molar-refractivity contribution in [2.45, 2.75) is 20.0 Å². The lowest BCUT2D eigenvalue weighted by Crippen LogP contribution is -2.37. The number of carbonyl (C=O) groups is 1. The van der Waals surface area contributed by atoms with Gasteiger partial charge in [0.2, 0.25) is 0 Å². The molecule has 5 heteroatoms. The highest BCUT2D eigenvalue weighted by atomic mass is 16.3. The first-order chi connectivity index (χ1) is 10.6. The molecule has 0 saturated carbocycles. The van der Waals surface area contributed by atoms with Crippen LogP contribution in [0.2, 0.25) is 0 Å². The van der Waals surface area contributed by atoms with Gasteiger partial charge < -0.3 is 15.7 Å².